The first-order valence-corrected chi connectivity index (χ1v) is 9.65. The van der Waals surface area contributed by atoms with Gasteiger partial charge in [0.1, 0.15) is 6.29 Å². The van der Waals surface area contributed by atoms with Crippen LogP contribution in [-0.4, -0.2) is 25.3 Å². The summed E-state index contributed by atoms with van der Waals surface area (Å²) in [6.45, 7) is 5.71. The van der Waals surface area contributed by atoms with Gasteiger partial charge in [0.15, 0.2) is 0 Å². The first kappa shape index (κ1) is 18.6. The van der Waals surface area contributed by atoms with Crippen LogP contribution < -0.4 is 10.2 Å². The summed E-state index contributed by atoms with van der Waals surface area (Å²) >= 11 is 3.49. The van der Waals surface area contributed by atoms with Crippen molar-refractivity contribution in [2.24, 2.45) is 5.92 Å². The lowest BCUT2D eigenvalue weighted by atomic mass is 9.95. The van der Waals surface area contributed by atoms with E-state index in [2.05, 4.69) is 26.1 Å². The maximum Gasteiger partial charge on any atom is 0.227 e. The zero-order valence-corrected chi connectivity index (χ0v) is 16.7. The number of anilines is 2. The highest BCUT2D eigenvalue weighted by atomic mass is 79.9. The summed E-state index contributed by atoms with van der Waals surface area (Å²) in [6.07, 6.45) is 2.51. The van der Waals surface area contributed by atoms with Crippen molar-refractivity contribution in [2.75, 3.05) is 23.3 Å². The van der Waals surface area contributed by atoms with Gasteiger partial charge >= 0.3 is 0 Å². The van der Waals surface area contributed by atoms with Crippen molar-refractivity contribution in [2.45, 2.75) is 26.7 Å². The molecule has 2 aromatic rings. The molecule has 4 nitrogen and oxygen atoms in total. The molecule has 0 atom stereocenters. The lowest BCUT2D eigenvalue weighted by Gasteiger charge is -2.33. The molecule has 0 spiro atoms. The van der Waals surface area contributed by atoms with Gasteiger partial charge in [-0.3, -0.25) is 9.59 Å². The van der Waals surface area contributed by atoms with E-state index in [1.807, 2.05) is 50.2 Å². The van der Waals surface area contributed by atoms with Crippen LogP contribution in [0.2, 0.25) is 0 Å². The van der Waals surface area contributed by atoms with Crippen molar-refractivity contribution >= 4 is 39.5 Å². The number of piperidine rings is 1. The van der Waals surface area contributed by atoms with Crippen LogP contribution in [0.5, 0.6) is 0 Å². The van der Waals surface area contributed by atoms with Gasteiger partial charge in [0.25, 0.3) is 0 Å². The Labute approximate surface area is 162 Å². The summed E-state index contributed by atoms with van der Waals surface area (Å²) in [6, 6.07) is 11.7. The highest BCUT2D eigenvalue weighted by Crippen LogP contribution is 2.28. The Kier molecular flexibility index (Phi) is 5.77. The van der Waals surface area contributed by atoms with Gasteiger partial charge in [-0.15, -0.1) is 0 Å². The van der Waals surface area contributed by atoms with Gasteiger partial charge in [-0.25, -0.2) is 0 Å². The molecule has 1 amide bonds. The Morgan fingerprint density at radius 3 is 2.23 bits per heavy atom. The molecule has 5 heteroatoms. The van der Waals surface area contributed by atoms with Crippen molar-refractivity contribution in [1.82, 2.24) is 0 Å². The van der Waals surface area contributed by atoms with Gasteiger partial charge in [0.05, 0.1) is 0 Å². The zero-order chi connectivity index (χ0) is 18.7. The summed E-state index contributed by atoms with van der Waals surface area (Å²) in [5.74, 6) is 0.137. The monoisotopic (exact) mass is 414 g/mol. The average molecular weight is 415 g/mol. The van der Waals surface area contributed by atoms with Crippen LogP contribution in [0.3, 0.4) is 0 Å². The van der Waals surface area contributed by atoms with E-state index in [0.29, 0.717) is 5.56 Å². The molecule has 1 aliphatic heterocycles. The quantitative estimate of drug-likeness (QED) is 0.735. The Morgan fingerprint density at radius 2 is 1.69 bits per heavy atom. The number of nitrogens with one attached hydrogen (secondary N) is 1. The highest BCUT2D eigenvalue weighted by Gasteiger charge is 2.25. The van der Waals surface area contributed by atoms with Crippen molar-refractivity contribution in [3.8, 4) is 0 Å². The number of aryl methyl sites for hydroxylation is 2. The molecule has 1 N–H and O–H groups in total. The van der Waals surface area contributed by atoms with E-state index in [1.165, 1.54) is 0 Å². The number of aldehydes is 1. The smallest absolute Gasteiger partial charge is 0.227 e. The largest absolute Gasteiger partial charge is 0.371 e. The minimum absolute atomic E-state index is 0.0305. The number of rotatable bonds is 4. The van der Waals surface area contributed by atoms with Crippen LogP contribution in [-0.2, 0) is 4.79 Å². The first-order valence-electron chi connectivity index (χ1n) is 8.85. The summed E-state index contributed by atoms with van der Waals surface area (Å²) in [5.41, 5.74) is 4.85. The second-order valence-corrected chi connectivity index (χ2v) is 7.79. The van der Waals surface area contributed by atoms with Crippen molar-refractivity contribution in [3.05, 3.63) is 57.6 Å². The van der Waals surface area contributed by atoms with Crippen molar-refractivity contribution in [3.63, 3.8) is 0 Å². The van der Waals surface area contributed by atoms with Gasteiger partial charge in [-0.2, -0.15) is 0 Å². The third-order valence-corrected chi connectivity index (χ3v) is 5.46. The number of carbonyl (C=O) groups is 2. The molecule has 2 aromatic carbocycles. The van der Waals surface area contributed by atoms with Crippen LogP contribution in [0.25, 0.3) is 0 Å². The molecular weight excluding hydrogens is 392 g/mol. The SMILES string of the molecule is Cc1cc(Br)cc(C)c1NC(=O)C1CCN(c2ccc(C=O)cc2)CC1. The summed E-state index contributed by atoms with van der Waals surface area (Å²) in [7, 11) is 0. The fraction of sp³-hybridized carbons (Fsp3) is 0.333. The van der Waals surface area contributed by atoms with E-state index < -0.39 is 0 Å². The predicted octanol–water partition coefficient (Wildman–Crippen LogP) is 4.73. The Morgan fingerprint density at radius 1 is 1.12 bits per heavy atom. The molecule has 0 radical (unpaired) electrons. The van der Waals surface area contributed by atoms with Gasteiger partial charge in [-0.05, 0) is 74.2 Å². The van der Waals surface area contributed by atoms with Crippen LogP contribution >= 0.6 is 15.9 Å². The maximum atomic E-state index is 12.7. The normalized spacial score (nSPS) is 15.0. The van der Waals surface area contributed by atoms with E-state index in [0.717, 1.165) is 59.2 Å². The highest BCUT2D eigenvalue weighted by molar-refractivity contribution is 9.10. The molecule has 1 heterocycles. The fourth-order valence-electron chi connectivity index (χ4n) is 3.50. The molecule has 1 fully saturated rings. The van der Waals surface area contributed by atoms with Gasteiger partial charge in [0, 0.05) is 40.4 Å². The average Bonchev–Trinajstić information content (AvgIpc) is 2.64. The van der Waals surface area contributed by atoms with Crippen LogP contribution in [0, 0.1) is 19.8 Å². The third kappa shape index (κ3) is 4.15. The topological polar surface area (TPSA) is 49.4 Å². The van der Waals surface area contributed by atoms with Crippen LogP contribution in [0.1, 0.15) is 34.3 Å². The molecular formula is C21H23BrN2O2. The molecule has 26 heavy (non-hydrogen) atoms. The van der Waals surface area contributed by atoms with E-state index in [4.69, 9.17) is 0 Å². The lowest BCUT2D eigenvalue weighted by Crippen LogP contribution is -2.38. The second kappa shape index (κ2) is 8.04. The molecule has 0 bridgehead atoms. The second-order valence-electron chi connectivity index (χ2n) is 6.87. The minimum atomic E-state index is 0.0305. The van der Waals surface area contributed by atoms with Gasteiger partial charge in [-0.1, -0.05) is 15.9 Å². The maximum absolute atomic E-state index is 12.7. The van der Waals surface area contributed by atoms with E-state index >= 15 is 0 Å². The van der Waals surface area contributed by atoms with E-state index in [9.17, 15) is 9.59 Å². The molecule has 1 aliphatic rings. The molecule has 0 unspecified atom stereocenters. The standard InChI is InChI=1S/C21H23BrN2O2/c1-14-11-18(22)12-15(2)20(14)23-21(26)17-7-9-24(10-8-17)19-5-3-16(13-25)4-6-19/h3-6,11-13,17H,7-10H2,1-2H3,(H,23,26). The predicted molar refractivity (Wildman–Crippen MR) is 109 cm³/mol. The van der Waals surface area contributed by atoms with Gasteiger partial charge < -0.3 is 10.2 Å². The Bertz CT molecular complexity index is 786. The lowest BCUT2D eigenvalue weighted by molar-refractivity contribution is -0.120. The molecule has 3 rings (SSSR count). The Balaban J connectivity index is 1.61. The third-order valence-electron chi connectivity index (χ3n) is 5.01. The Hall–Kier alpha value is -2.14. The molecule has 136 valence electrons. The van der Waals surface area contributed by atoms with Crippen molar-refractivity contribution < 1.29 is 9.59 Å². The fourth-order valence-corrected chi connectivity index (χ4v) is 4.18. The summed E-state index contributed by atoms with van der Waals surface area (Å²) < 4.78 is 1.03. The number of hydrogen-bond acceptors (Lipinski definition) is 3. The number of amides is 1. The molecule has 0 aromatic heterocycles. The summed E-state index contributed by atoms with van der Waals surface area (Å²) in [4.78, 5) is 25.7. The van der Waals surface area contributed by atoms with Gasteiger partial charge in [0.2, 0.25) is 5.91 Å². The minimum Gasteiger partial charge on any atom is -0.371 e. The number of benzene rings is 2. The number of hydrogen-bond donors (Lipinski definition) is 1. The molecule has 1 saturated heterocycles. The number of nitrogens with zero attached hydrogens (tertiary/aromatic N) is 1. The van der Waals surface area contributed by atoms with Crippen molar-refractivity contribution in [1.29, 1.82) is 0 Å². The number of carbonyl (C=O) groups excluding carboxylic acids is 2. The number of halogens is 1. The zero-order valence-electron chi connectivity index (χ0n) is 15.1. The van der Waals surface area contributed by atoms with Crippen LogP contribution in [0.4, 0.5) is 11.4 Å². The van der Waals surface area contributed by atoms with E-state index in [1.54, 1.807) is 0 Å². The van der Waals surface area contributed by atoms with Crippen LogP contribution in [0.15, 0.2) is 40.9 Å². The molecule has 0 aliphatic carbocycles. The first-order chi connectivity index (χ1) is 12.5. The molecule has 0 saturated carbocycles. The summed E-state index contributed by atoms with van der Waals surface area (Å²) in [5, 5.41) is 3.13. The van der Waals surface area contributed by atoms with E-state index in [-0.39, 0.29) is 11.8 Å².